The number of rotatable bonds is 4. The smallest absolute Gasteiger partial charge is 0.245 e. The van der Waals surface area contributed by atoms with Gasteiger partial charge in [-0.3, -0.25) is 9.69 Å². The fourth-order valence-corrected chi connectivity index (χ4v) is 5.40. The molecule has 0 saturated carbocycles. The molecule has 0 aromatic heterocycles. The SMILES string of the molecule is O=C([C@H]1C[C@H](O)CN1c1ccc(Cl)cc1)N1CC2COCC(C1)N2Cc1ccc(Cl)cc1. The van der Waals surface area contributed by atoms with Gasteiger partial charge in [-0.15, -0.1) is 0 Å². The van der Waals surface area contributed by atoms with Crippen molar-refractivity contribution in [1.29, 1.82) is 0 Å². The zero-order valence-corrected chi connectivity index (χ0v) is 19.3. The molecule has 3 fully saturated rings. The third-order valence-corrected chi connectivity index (χ3v) is 7.24. The van der Waals surface area contributed by atoms with E-state index in [1.165, 1.54) is 5.56 Å². The van der Waals surface area contributed by atoms with Crippen LogP contribution in [0, 0.1) is 0 Å². The van der Waals surface area contributed by atoms with Crippen LogP contribution in [-0.4, -0.2) is 77.9 Å². The topological polar surface area (TPSA) is 56.3 Å². The van der Waals surface area contributed by atoms with Crippen molar-refractivity contribution >= 4 is 34.8 Å². The van der Waals surface area contributed by atoms with E-state index in [0.717, 1.165) is 17.3 Å². The highest BCUT2D eigenvalue weighted by Crippen LogP contribution is 2.30. The zero-order valence-electron chi connectivity index (χ0n) is 17.7. The van der Waals surface area contributed by atoms with E-state index in [-0.39, 0.29) is 24.0 Å². The van der Waals surface area contributed by atoms with E-state index < -0.39 is 6.10 Å². The highest BCUT2D eigenvalue weighted by Gasteiger charge is 2.44. The zero-order chi connectivity index (χ0) is 22.2. The molecule has 0 radical (unpaired) electrons. The van der Waals surface area contributed by atoms with Gasteiger partial charge in [0.2, 0.25) is 5.91 Å². The molecule has 3 aliphatic rings. The van der Waals surface area contributed by atoms with E-state index in [4.69, 9.17) is 27.9 Å². The molecule has 0 aliphatic carbocycles. The molecule has 2 aromatic rings. The highest BCUT2D eigenvalue weighted by atomic mass is 35.5. The molecule has 4 atom stereocenters. The van der Waals surface area contributed by atoms with E-state index in [9.17, 15) is 9.90 Å². The van der Waals surface area contributed by atoms with Crippen LogP contribution in [0.3, 0.4) is 0 Å². The highest BCUT2D eigenvalue weighted by molar-refractivity contribution is 6.30. The normalized spacial score (nSPS) is 28.2. The summed E-state index contributed by atoms with van der Waals surface area (Å²) in [5.74, 6) is 0.0829. The molecular formula is C24H27Cl2N3O3. The van der Waals surface area contributed by atoms with Gasteiger partial charge < -0.3 is 19.6 Å². The average molecular weight is 476 g/mol. The molecule has 1 amide bonds. The van der Waals surface area contributed by atoms with Crippen LogP contribution in [0.1, 0.15) is 12.0 Å². The minimum atomic E-state index is -0.520. The van der Waals surface area contributed by atoms with Crippen molar-refractivity contribution < 1.29 is 14.6 Å². The Morgan fingerprint density at radius 2 is 1.53 bits per heavy atom. The lowest BCUT2D eigenvalue weighted by Gasteiger charge is -2.50. The molecule has 0 spiro atoms. The minimum Gasteiger partial charge on any atom is -0.391 e. The van der Waals surface area contributed by atoms with Gasteiger partial charge >= 0.3 is 0 Å². The van der Waals surface area contributed by atoms with Gasteiger partial charge in [-0.1, -0.05) is 35.3 Å². The maximum atomic E-state index is 13.6. The number of nitrogens with zero attached hydrogens (tertiary/aromatic N) is 3. The standard InChI is InChI=1S/C24H27Cl2N3O3/c25-17-3-1-16(2-4-17)10-28-20-11-27(12-21(28)15-32-14-20)24(31)23-9-22(30)13-29(23)19-7-5-18(26)6-8-19/h1-8,20-23,30H,9-15H2/t20?,21?,22-,23+/m0/s1. The summed E-state index contributed by atoms with van der Waals surface area (Å²) in [6, 6.07) is 15.3. The summed E-state index contributed by atoms with van der Waals surface area (Å²) in [6.45, 7) is 3.75. The first kappa shape index (κ1) is 22.0. The lowest BCUT2D eigenvalue weighted by Crippen LogP contribution is -2.66. The van der Waals surface area contributed by atoms with Crippen LogP contribution in [0.2, 0.25) is 10.0 Å². The predicted molar refractivity (Wildman–Crippen MR) is 125 cm³/mol. The number of fused-ring (bicyclic) bond motifs is 2. The molecular weight excluding hydrogens is 449 g/mol. The number of anilines is 1. The van der Waals surface area contributed by atoms with Crippen LogP contribution < -0.4 is 4.90 Å². The molecule has 3 heterocycles. The van der Waals surface area contributed by atoms with Gasteiger partial charge in [0.15, 0.2) is 0 Å². The number of β-amino-alcohol motifs (C(OH)–C–C–N with tert-alkyl or cyclic N) is 1. The van der Waals surface area contributed by atoms with Gasteiger partial charge in [-0.25, -0.2) is 0 Å². The number of hydrogen-bond donors (Lipinski definition) is 1. The molecule has 3 aliphatic heterocycles. The van der Waals surface area contributed by atoms with Crippen molar-refractivity contribution in [2.45, 2.75) is 37.2 Å². The van der Waals surface area contributed by atoms with Gasteiger partial charge in [-0.2, -0.15) is 0 Å². The van der Waals surface area contributed by atoms with Crippen LogP contribution in [0.25, 0.3) is 0 Å². The van der Waals surface area contributed by atoms with Gasteiger partial charge in [0.1, 0.15) is 6.04 Å². The fourth-order valence-electron chi connectivity index (χ4n) is 5.14. The lowest BCUT2D eigenvalue weighted by molar-refractivity contribution is -0.147. The Labute approximate surface area is 198 Å². The molecule has 5 rings (SSSR count). The third-order valence-electron chi connectivity index (χ3n) is 6.73. The minimum absolute atomic E-state index is 0.0829. The number of ether oxygens (including phenoxy) is 1. The quantitative estimate of drug-likeness (QED) is 0.736. The summed E-state index contributed by atoms with van der Waals surface area (Å²) in [5, 5.41) is 11.7. The number of carbonyl (C=O) groups is 1. The number of amides is 1. The van der Waals surface area contributed by atoms with Crippen molar-refractivity contribution in [3.63, 3.8) is 0 Å². The van der Waals surface area contributed by atoms with E-state index in [1.54, 1.807) is 0 Å². The average Bonchev–Trinajstić information content (AvgIpc) is 3.16. The second-order valence-corrected chi connectivity index (χ2v) is 9.79. The van der Waals surface area contributed by atoms with Gasteiger partial charge in [0, 0.05) is 48.3 Å². The number of morpholine rings is 1. The maximum absolute atomic E-state index is 13.6. The summed E-state index contributed by atoms with van der Waals surface area (Å²) < 4.78 is 5.83. The largest absolute Gasteiger partial charge is 0.391 e. The third kappa shape index (κ3) is 4.47. The van der Waals surface area contributed by atoms with E-state index in [2.05, 4.69) is 17.0 Å². The van der Waals surface area contributed by atoms with Crippen LogP contribution >= 0.6 is 23.2 Å². The van der Waals surface area contributed by atoms with Crippen LogP contribution in [0.4, 0.5) is 5.69 Å². The van der Waals surface area contributed by atoms with Crippen LogP contribution in [0.5, 0.6) is 0 Å². The Kier molecular flexibility index (Phi) is 6.32. The number of benzene rings is 2. The Hall–Kier alpha value is -1.83. The Bertz CT molecular complexity index is 942. The van der Waals surface area contributed by atoms with Crippen LogP contribution in [-0.2, 0) is 16.1 Å². The van der Waals surface area contributed by atoms with Gasteiger partial charge in [0.25, 0.3) is 0 Å². The van der Waals surface area contributed by atoms with Crippen molar-refractivity contribution in [3.05, 3.63) is 64.1 Å². The number of piperazine rings is 1. The molecule has 3 saturated heterocycles. The molecule has 1 N–H and O–H groups in total. The lowest BCUT2D eigenvalue weighted by atomic mass is 10.0. The number of carbonyl (C=O) groups excluding carboxylic acids is 1. The van der Waals surface area contributed by atoms with E-state index >= 15 is 0 Å². The fraction of sp³-hybridized carbons (Fsp3) is 0.458. The Balaban J connectivity index is 1.30. The Morgan fingerprint density at radius 3 is 2.16 bits per heavy atom. The monoisotopic (exact) mass is 475 g/mol. The molecule has 2 unspecified atom stereocenters. The molecule has 8 heteroatoms. The number of aliphatic hydroxyl groups is 1. The first-order chi connectivity index (χ1) is 15.5. The van der Waals surface area contributed by atoms with E-state index in [0.29, 0.717) is 44.3 Å². The van der Waals surface area contributed by atoms with Gasteiger partial charge in [0.05, 0.1) is 31.4 Å². The van der Waals surface area contributed by atoms with E-state index in [1.807, 2.05) is 46.2 Å². The second kappa shape index (κ2) is 9.20. The Morgan fingerprint density at radius 1 is 0.938 bits per heavy atom. The van der Waals surface area contributed by atoms with Crippen molar-refractivity contribution in [2.75, 3.05) is 37.7 Å². The number of hydrogen-bond acceptors (Lipinski definition) is 5. The molecule has 32 heavy (non-hydrogen) atoms. The van der Waals surface area contributed by atoms with Gasteiger partial charge in [-0.05, 0) is 42.0 Å². The van der Waals surface area contributed by atoms with Crippen molar-refractivity contribution in [1.82, 2.24) is 9.80 Å². The van der Waals surface area contributed by atoms with Crippen LogP contribution in [0.15, 0.2) is 48.5 Å². The molecule has 2 aromatic carbocycles. The maximum Gasteiger partial charge on any atom is 0.245 e. The number of aliphatic hydroxyl groups excluding tert-OH is 1. The summed E-state index contributed by atoms with van der Waals surface area (Å²) in [4.78, 5) is 20.0. The predicted octanol–water partition coefficient (Wildman–Crippen LogP) is 3.04. The van der Waals surface area contributed by atoms with Crippen molar-refractivity contribution in [3.8, 4) is 0 Å². The summed E-state index contributed by atoms with van der Waals surface area (Å²) in [6.07, 6.45) is -0.0770. The summed E-state index contributed by atoms with van der Waals surface area (Å²) in [5.41, 5.74) is 2.12. The molecule has 6 nitrogen and oxygen atoms in total. The first-order valence-corrected chi connectivity index (χ1v) is 11.8. The first-order valence-electron chi connectivity index (χ1n) is 11.0. The molecule has 2 bridgehead atoms. The summed E-state index contributed by atoms with van der Waals surface area (Å²) in [7, 11) is 0. The molecule has 170 valence electrons. The second-order valence-electron chi connectivity index (χ2n) is 8.92. The number of halogens is 2. The van der Waals surface area contributed by atoms with Crippen molar-refractivity contribution in [2.24, 2.45) is 0 Å². The summed E-state index contributed by atoms with van der Waals surface area (Å²) >= 11 is 12.1.